The van der Waals surface area contributed by atoms with Gasteiger partial charge in [-0.3, -0.25) is 0 Å². The highest BCUT2D eigenvalue weighted by atomic mass is 16.5. The molecule has 0 saturated heterocycles. The van der Waals surface area contributed by atoms with Crippen molar-refractivity contribution in [2.24, 2.45) is 5.92 Å². The molecule has 5 nitrogen and oxygen atoms in total. The van der Waals surface area contributed by atoms with Gasteiger partial charge in [-0.1, -0.05) is 46.0 Å². The Labute approximate surface area is 125 Å². The van der Waals surface area contributed by atoms with E-state index in [0.717, 1.165) is 25.2 Å². The fraction of sp³-hybridized carbons (Fsp3) is 0.625. The van der Waals surface area contributed by atoms with E-state index in [2.05, 4.69) is 13.8 Å². The number of carbonyl (C=O) groups is 2. The van der Waals surface area contributed by atoms with Crippen molar-refractivity contribution >= 4 is 11.9 Å². The largest absolute Gasteiger partial charge is 0.475 e. The third-order valence-electron chi connectivity index (χ3n) is 3.18. The Kier molecular flexibility index (Phi) is 7.58. The van der Waals surface area contributed by atoms with Gasteiger partial charge in [-0.05, 0) is 24.5 Å². The lowest BCUT2D eigenvalue weighted by molar-refractivity contribution is 0.0456. The van der Waals surface area contributed by atoms with Gasteiger partial charge in [0, 0.05) is 0 Å². The summed E-state index contributed by atoms with van der Waals surface area (Å²) in [5.74, 6) is -1.37. The van der Waals surface area contributed by atoms with Crippen LogP contribution in [0.25, 0.3) is 0 Å². The number of carboxylic acid groups (broad SMARTS) is 1. The molecule has 0 aliphatic heterocycles. The number of rotatable bonds is 10. The SMILES string of the molecule is CC(C)CCCCCCCOC(=O)c1ccc(C(=O)O)o1. The van der Waals surface area contributed by atoms with E-state index in [1.54, 1.807) is 0 Å². The van der Waals surface area contributed by atoms with Crippen LogP contribution in [0.5, 0.6) is 0 Å². The molecule has 1 N–H and O–H groups in total. The molecule has 118 valence electrons. The minimum absolute atomic E-state index is 0.0654. The second kappa shape index (κ2) is 9.21. The van der Waals surface area contributed by atoms with Crippen molar-refractivity contribution in [3.8, 4) is 0 Å². The van der Waals surface area contributed by atoms with E-state index in [1.807, 2.05) is 0 Å². The standard InChI is InChI=1S/C16H24O5/c1-12(2)8-6-4-3-5-7-11-20-16(19)14-10-9-13(21-14)15(17)18/h9-10,12H,3-8,11H2,1-2H3,(H,17,18). The molecule has 0 bridgehead atoms. The first-order valence-electron chi connectivity index (χ1n) is 7.51. The molecular formula is C16H24O5. The summed E-state index contributed by atoms with van der Waals surface area (Å²) < 4.78 is 9.91. The van der Waals surface area contributed by atoms with Crippen molar-refractivity contribution in [1.82, 2.24) is 0 Å². The Hall–Kier alpha value is -1.78. The highest BCUT2D eigenvalue weighted by Crippen LogP contribution is 2.12. The predicted molar refractivity (Wildman–Crippen MR) is 78.5 cm³/mol. The third-order valence-corrected chi connectivity index (χ3v) is 3.18. The zero-order chi connectivity index (χ0) is 15.7. The first-order chi connectivity index (χ1) is 10.0. The molecular weight excluding hydrogens is 272 g/mol. The molecule has 21 heavy (non-hydrogen) atoms. The molecule has 0 saturated carbocycles. The minimum Gasteiger partial charge on any atom is -0.475 e. The van der Waals surface area contributed by atoms with E-state index in [-0.39, 0.29) is 11.5 Å². The molecule has 1 aromatic heterocycles. The third kappa shape index (κ3) is 6.97. The lowest BCUT2D eigenvalue weighted by Crippen LogP contribution is -2.05. The van der Waals surface area contributed by atoms with Gasteiger partial charge in [-0.25, -0.2) is 9.59 Å². The maximum Gasteiger partial charge on any atom is 0.374 e. The molecule has 0 aromatic carbocycles. The zero-order valence-electron chi connectivity index (χ0n) is 12.8. The quantitative estimate of drug-likeness (QED) is 0.519. The Morgan fingerprint density at radius 2 is 1.71 bits per heavy atom. The number of unbranched alkanes of at least 4 members (excludes halogenated alkanes) is 4. The summed E-state index contributed by atoms with van der Waals surface area (Å²) in [6.07, 6.45) is 6.73. The van der Waals surface area contributed by atoms with Crippen molar-refractivity contribution < 1.29 is 23.8 Å². The molecule has 0 amide bonds. The van der Waals surface area contributed by atoms with E-state index < -0.39 is 11.9 Å². The van der Waals surface area contributed by atoms with Gasteiger partial charge in [0.05, 0.1) is 6.61 Å². The van der Waals surface area contributed by atoms with E-state index in [4.69, 9.17) is 14.3 Å². The summed E-state index contributed by atoms with van der Waals surface area (Å²) in [6, 6.07) is 2.56. The molecule has 1 aromatic rings. The minimum atomic E-state index is -1.20. The van der Waals surface area contributed by atoms with Crippen LogP contribution in [0.15, 0.2) is 16.5 Å². The summed E-state index contributed by atoms with van der Waals surface area (Å²) in [5.41, 5.74) is 0. The molecule has 0 fully saturated rings. The number of furan rings is 1. The van der Waals surface area contributed by atoms with Crippen LogP contribution in [0, 0.1) is 5.92 Å². The maximum atomic E-state index is 11.6. The number of esters is 1. The first kappa shape index (κ1) is 17.3. The van der Waals surface area contributed by atoms with E-state index >= 15 is 0 Å². The van der Waals surface area contributed by atoms with Crippen molar-refractivity contribution in [3.63, 3.8) is 0 Å². The van der Waals surface area contributed by atoms with Crippen LogP contribution < -0.4 is 0 Å². The van der Waals surface area contributed by atoms with Crippen molar-refractivity contribution in [2.45, 2.75) is 52.4 Å². The van der Waals surface area contributed by atoms with Gasteiger partial charge in [0.2, 0.25) is 11.5 Å². The predicted octanol–water partition coefficient (Wildman–Crippen LogP) is 4.13. The zero-order valence-corrected chi connectivity index (χ0v) is 12.8. The molecule has 5 heteroatoms. The van der Waals surface area contributed by atoms with E-state index in [9.17, 15) is 9.59 Å². The second-order valence-electron chi connectivity index (χ2n) is 5.56. The number of carboxylic acids is 1. The molecule has 0 aliphatic carbocycles. The van der Waals surface area contributed by atoms with Crippen LogP contribution in [0.2, 0.25) is 0 Å². The highest BCUT2D eigenvalue weighted by molar-refractivity contribution is 5.89. The Bertz CT molecular complexity index is 447. The fourth-order valence-electron chi connectivity index (χ4n) is 1.98. The number of hydrogen-bond acceptors (Lipinski definition) is 4. The molecule has 1 heterocycles. The van der Waals surface area contributed by atoms with E-state index in [1.165, 1.54) is 31.4 Å². The van der Waals surface area contributed by atoms with Gasteiger partial charge in [-0.15, -0.1) is 0 Å². The molecule has 0 radical (unpaired) electrons. The highest BCUT2D eigenvalue weighted by Gasteiger charge is 2.15. The molecule has 0 spiro atoms. The van der Waals surface area contributed by atoms with Crippen molar-refractivity contribution in [3.05, 3.63) is 23.7 Å². The summed E-state index contributed by atoms with van der Waals surface area (Å²) in [6.45, 7) is 4.79. The molecule has 0 atom stereocenters. The monoisotopic (exact) mass is 296 g/mol. The fourth-order valence-corrected chi connectivity index (χ4v) is 1.98. The van der Waals surface area contributed by atoms with Crippen molar-refractivity contribution in [2.75, 3.05) is 6.61 Å². The Morgan fingerprint density at radius 1 is 1.10 bits per heavy atom. The normalized spacial score (nSPS) is 10.8. The number of carbonyl (C=O) groups excluding carboxylic acids is 1. The summed E-state index contributed by atoms with van der Waals surface area (Å²) in [5, 5.41) is 8.69. The van der Waals surface area contributed by atoms with Gasteiger partial charge >= 0.3 is 11.9 Å². The number of ether oxygens (including phenoxy) is 1. The average Bonchev–Trinajstić information content (AvgIpc) is 2.91. The smallest absolute Gasteiger partial charge is 0.374 e. The van der Waals surface area contributed by atoms with Crippen LogP contribution >= 0.6 is 0 Å². The van der Waals surface area contributed by atoms with Gasteiger partial charge < -0.3 is 14.3 Å². The number of hydrogen-bond donors (Lipinski definition) is 1. The maximum absolute atomic E-state index is 11.6. The van der Waals surface area contributed by atoms with Gasteiger partial charge in [0.15, 0.2) is 0 Å². The molecule has 1 rings (SSSR count). The van der Waals surface area contributed by atoms with Crippen LogP contribution in [-0.4, -0.2) is 23.7 Å². The Morgan fingerprint density at radius 3 is 2.33 bits per heavy atom. The lowest BCUT2D eigenvalue weighted by atomic mass is 10.0. The second-order valence-corrected chi connectivity index (χ2v) is 5.56. The summed E-state index contributed by atoms with van der Waals surface area (Å²) in [7, 11) is 0. The van der Waals surface area contributed by atoms with Crippen LogP contribution in [0.3, 0.4) is 0 Å². The van der Waals surface area contributed by atoms with Gasteiger partial charge in [-0.2, -0.15) is 0 Å². The van der Waals surface area contributed by atoms with Crippen LogP contribution in [0.1, 0.15) is 73.5 Å². The molecule has 0 unspecified atom stereocenters. The lowest BCUT2D eigenvalue weighted by Gasteiger charge is -2.05. The van der Waals surface area contributed by atoms with E-state index in [0.29, 0.717) is 6.61 Å². The number of aromatic carboxylic acids is 1. The van der Waals surface area contributed by atoms with Crippen LogP contribution in [0.4, 0.5) is 0 Å². The topological polar surface area (TPSA) is 76.7 Å². The first-order valence-corrected chi connectivity index (χ1v) is 7.51. The summed E-state index contributed by atoms with van der Waals surface area (Å²) in [4.78, 5) is 22.2. The van der Waals surface area contributed by atoms with Gasteiger partial charge in [0.1, 0.15) is 0 Å². The van der Waals surface area contributed by atoms with Crippen molar-refractivity contribution in [1.29, 1.82) is 0 Å². The molecule has 0 aliphatic rings. The Balaban J connectivity index is 2.09. The van der Waals surface area contributed by atoms with Crippen LogP contribution in [-0.2, 0) is 4.74 Å². The average molecular weight is 296 g/mol. The van der Waals surface area contributed by atoms with Gasteiger partial charge in [0.25, 0.3) is 0 Å². The summed E-state index contributed by atoms with van der Waals surface area (Å²) >= 11 is 0.